The maximum atomic E-state index is 13.4. The van der Waals surface area contributed by atoms with E-state index < -0.39 is 11.7 Å². The molecule has 2 amide bonds. The van der Waals surface area contributed by atoms with Gasteiger partial charge in [-0.3, -0.25) is 19.3 Å². The van der Waals surface area contributed by atoms with Crippen molar-refractivity contribution >= 4 is 96.2 Å². The van der Waals surface area contributed by atoms with Crippen LogP contribution in [0.3, 0.4) is 0 Å². The van der Waals surface area contributed by atoms with Gasteiger partial charge in [0.2, 0.25) is 11.7 Å². The Balaban J connectivity index is 1.33. The van der Waals surface area contributed by atoms with Gasteiger partial charge in [0.25, 0.3) is 5.91 Å². The van der Waals surface area contributed by atoms with Gasteiger partial charge in [-0.2, -0.15) is 0 Å². The van der Waals surface area contributed by atoms with Crippen molar-refractivity contribution in [2.75, 3.05) is 19.0 Å². The lowest BCUT2D eigenvalue weighted by atomic mass is 10.1. The first kappa shape index (κ1) is 28.1. The van der Waals surface area contributed by atoms with Crippen molar-refractivity contribution < 1.29 is 23.5 Å². The number of anilines is 1. The van der Waals surface area contributed by atoms with Crippen molar-refractivity contribution in [1.29, 1.82) is 0 Å². The lowest BCUT2D eigenvalue weighted by Gasteiger charge is -2.14. The molecule has 0 saturated carbocycles. The molecule has 0 radical (unpaired) electrons. The topological polar surface area (TPSA) is 88.8 Å². The average Bonchev–Trinajstić information content (AvgIpc) is 3.44. The van der Waals surface area contributed by atoms with Crippen LogP contribution in [0.5, 0.6) is 5.75 Å². The van der Waals surface area contributed by atoms with E-state index in [9.17, 15) is 14.4 Å². The van der Waals surface area contributed by atoms with Gasteiger partial charge in [-0.1, -0.05) is 59.8 Å². The molecule has 0 bridgehead atoms. The number of thiocarbonyl (C=S) groups is 1. The Kier molecular flexibility index (Phi) is 8.41. The van der Waals surface area contributed by atoms with E-state index in [4.69, 9.17) is 33.0 Å². The summed E-state index contributed by atoms with van der Waals surface area (Å²) in [6, 6.07) is 19.1. The summed E-state index contributed by atoms with van der Waals surface area (Å²) in [4.78, 5) is 41.4. The minimum atomic E-state index is -0.404. The van der Waals surface area contributed by atoms with Crippen molar-refractivity contribution in [3.63, 3.8) is 0 Å². The molecule has 0 atom stereocenters. The number of rotatable bonds is 8. The number of carbonyl (C=O) groups is 3. The molecule has 0 unspecified atom stereocenters. The van der Waals surface area contributed by atoms with E-state index in [1.807, 2.05) is 0 Å². The molecule has 1 aliphatic rings. The highest BCUT2D eigenvalue weighted by Gasteiger charge is 2.32. The van der Waals surface area contributed by atoms with Crippen LogP contribution in [0.4, 0.5) is 5.69 Å². The Morgan fingerprint density at radius 2 is 1.90 bits per heavy atom. The highest BCUT2D eigenvalue weighted by atomic mass is 79.9. The van der Waals surface area contributed by atoms with Crippen LogP contribution in [-0.4, -0.2) is 40.5 Å². The van der Waals surface area contributed by atoms with Crippen LogP contribution in [0.15, 0.2) is 80.5 Å². The van der Waals surface area contributed by atoms with Gasteiger partial charge < -0.3 is 14.5 Å². The van der Waals surface area contributed by atoms with E-state index in [-0.39, 0.29) is 30.3 Å². The fourth-order valence-electron chi connectivity index (χ4n) is 4.09. The Morgan fingerprint density at radius 3 is 2.62 bits per heavy atom. The third kappa shape index (κ3) is 5.85. The molecule has 4 aromatic rings. The van der Waals surface area contributed by atoms with Crippen LogP contribution < -0.4 is 10.1 Å². The third-order valence-electron chi connectivity index (χ3n) is 6.08. The molecule has 3 aromatic carbocycles. The van der Waals surface area contributed by atoms with Crippen LogP contribution in [0.1, 0.15) is 28.1 Å². The number of furan rings is 1. The Morgan fingerprint density at radius 1 is 1.15 bits per heavy atom. The number of carbonyl (C=O) groups excluding carboxylic acids is 3. The van der Waals surface area contributed by atoms with Gasteiger partial charge in [0, 0.05) is 28.9 Å². The maximum absolute atomic E-state index is 13.4. The largest absolute Gasteiger partial charge is 0.496 e. The van der Waals surface area contributed by atoms with Gasteiger partial charge in [-0.05, 0) is 70.0 Å². The van der Waals surface area contributed by atoms with Crippen LogP contribution in [0.25, 0.3) is 17.0 Å². The van der Waals surface area contributed by atoms with E-state index in [1.54, 1.807) is 72.8 Å². The molecule has 7 nitrogen and oxygen atoms in total. The number of hydrogen-bond donors (Lipinski definition) is 1. The van der Waals surface area contributed by atoms with Crippen LogP contribution in [-0.2, 0) is 9.59 Å². The number of methoxy groups -OCH3 is 1. The summed E-state index contributed by atoms with van der Waals surface area (Å²) < 4.78 is 12.1. The quantitative estimate of drug-likeness (QED) is 0.121. The monoisotopic (exact) mass is 654 g/mol. The van der Waals surface area contributed by atoms with Crippen LogP contribution in [0, 0.1) is 0 Å². The molecular formula is C29H20BrClN2O5S2. The van der Waals surface area contributed by atoms with Crippen molar-refractivity contribution in [3.8, 4) is 5.75 Å². The minimum Gasteiger partial charge on any atom is -0.496 e. The van der Waals surface area contributed by atoms with Crippen LogP contribution >= 0.6 is 51.5 Å². The second kappa shape index (κ2) is 12.0. The molecule has 1 N–H and O–H groups in total. The molecule has 1 saturated heterocycles. The number of ketones is 1. The number of thioether (sulfide) groups is 1. The molecule has 5 rings (SSSR count). The lowest BCUT2D eigenvalue weighted by Crippen LogP contribution is -2.31. The number of benzene rings is 3. The summed E-state index contributed by atoms with van der Waals surface area (Å²) in [7, 11) is 1.53. The summed E-state index contributed by atoms with van der Waals surface area (Å²) in [5.74, 6) is -0.490. The van der Waals surface area contributed by atoms with E-state index in [1.165, 1.54) is 23.8 Å². The molecule has 1 fully saturated rings. The van der Waals surface area contributed by atoms with E-state index in [0.717, 1.165) is 5.56 Å². The molecule has 40 heavy (non-hydrogen) atoms. The zero-order chi connectivity index (χ0) is 28.4. The standard InChI is InChI=1S/C29H20BrClN2O5S2/c1-37-22-11-8-17(15-20(22)30)26(35)27-25(19-4-2-3-5-21(19)38-27)32-24(34)12-13-33-28(36)23(40-29(33)39)14-16-6-9-18(31)10-7-16/h2-11,14-15H,12-13H2,1H3,(H,32,34)/b23-14-. The predicted molar refractivity (Wildman–Crippen MR) is 165 cm³/mol. The van der Waals surface area contributed by atoms with Gasteiger partial charge >= 0.3 is 0 Å². The van der Waals surface area contributed by atoms with Gasteiger partial charge in [-0.25, -0.2) is 0 Å². The van der Waals surface area contributed by atoms with Gasteiger partial charge in [0.05, 0.1) is 22.2 Å². The SMILES string of the molecule is COc1ccc(C(=O)c2oc3ccccc3c2NC(=O)CCN2C(=O)/C(=C/c3ccc(Cl)cc3)SC2=S)cc1Br. The number of fused-ring (bicyclic) bond motifs is 1. The number of halogens is 2. The number of hydrogen-bond acceptors (Lipinski definition) is 7. The fraction of sp³-hybridized carbons (Fsp3) is 0.103. The molecule has 202 valence electrons. The fourth-order valence-corrected chi connectivity index (χ4v) is 6.06. The molecule has 1 aliphatic heterocycles. The summed E-state index contributed by atoms with van der Waals surface area (Å²) in [6.07, 6.45) is 1.70. The molecule has 2 heterocycles. The van der Waals surface area contributed by atoms with Gasteiger partial charge in [0.1, 0.15) is 15.7 Å². The first-order chi connectivity index (χ1) is 19.2. The highest BCUT2D eigenvalue weighted by molar-refractivity contribution is 9.10. The van der Waals surface area contributed by atoms with Crippen LogP contribution in [0.2, 0.25) is 5.02 Å². The van der Waals surface area contributed by atoms with Crippen molar-refractivity contribution in [3.05, 3.63) is 98.0 Å². The number of para-hydroxylation sites is 1. The Labute approximate surface area is 252 Å². The van der Waals surface area contributed by atoms with Crippen molar-refractivity contribution in [1.82, 2.24) is 4.90 Å². The zero-order valence-electron chi connectivity index (χ0n) is 20.9. The molecule has 0 aliphatic carbocycles. The predicted octanol–water partition coefficient (Wildman–Crippen LogP) is 7.32. The summed E-state index contributed by atoms with van der Waals surface area (Å²) in [5, 5.41) is 4.01. The maximum Gasteiger partial charge on any atom is 0.266 e. The molecule has 11 heteroatoms. The molecule has 1 aromatic heterocycles. The van der Waals surface area contributed by atoms with Gasteiger partial charge in [0.15, 0.2) is 5.76 Å². The summed E-state index contributed by atoms with van der Waals surface area (Å²) in [5.41, 5.74) is 1.89. The second-order valence-corrected chi connectivity index (χ2v) is 11.6. The van der Waals surface area contributed by atoms with Gasteiger partial charge in [-0.15, -0.1) is 0 Å². The minimum absolute atomic E-state index is 0.00289. The number of nitrogens with one attached hydrogen (secondary N) is 1. The Bertz CT molecular complexity index is 1700. The first-order valence-corrected chi connectivity index (χ1v) is 14.4. The first-order valence-electron chi connectivity index (χ1n) is 12.0. The second-order valence-electron chi connectivity index (χ2n) is 8.66. The molecular weight excluding hydrogens is 636 g/mol. The third-order valence-corrected chi connectivity index (χ3v) is 8.33. The number of nitrogens with zero attached hydrogens (tertiary/aromatic N) is 1. The van der Waals surface area contributed by atoms with Crippen molar-refractivity contribution in [2.24, 2.45) is 0 Å². The lowest BCUT2D eigenvalue weighted by molar-refractivity contribution is -0.122. The molecule has 0 spiro atoms. The van der Waals surface area contributed by atoms with Crippen molar-refractivity contribution in [2.45, 2.75) is 6.42 Å². The summed E-state index contributed by atoms with van der Waals surface area (Å²) >= 11 is 15.9. The Hall–Kier alpha value is -3.44. The average molecular weight is 656 g/mol. The van der Waals surface area contributed by atoms with E-state index >= 15 is 0 Å². The smallest absolute Gasteiger partial charge is 0.266 e. The van der Waals surface area contributed by atoms with E-state index in [2.05, 4.69) is 21.2 Å². The number of ether oxygens (including phenoxy) is 1. The zero-order valence-corrected chi connectivity index (χ0v) is 24.9. The van der Waals surface area contributed by atoms with E-state index in [0.29, 0.717) is 41.0 Å². The summed E-state index contributed by atoms with van der Waals surface area (Å²) in [6.45, 7) is 0.0823. The number of amides is 2. The normalized spacial score (nSPS) is 14.3. The highest BCUT2D eigenvalue weighted by Crippen LogP contribution is 2.35.